The molecule has 0 saturated carbocycles. The molecular formula is C19H14ClN3O4S. The van der Waals surface area contributed by atoms with Crippen molar-refractivity contribution in [3.8, 4) is 23.0 Å². The Morgan fingerprint density at radius 1 is 1.14 bits per heavy atom. The summed E-state index contributed by atoms with van der Waals surface area (Å²) in [6.45, 7) is 0. The van der Waals surface area contributed by atoms with E-state index in [-0.39, 0.29) is 11.9 Å². The lowest BCUT2D eigenvalue weighted by atomic mass is 10.2. The molecule has 0 atom stereocenters. The molecule has 7 nitrogen and oxygen atoms in total. The number of hydrogen-bond acceptors (Lipinski definition) is 7. The predicted molar refractivity (Wildman–Crippen MR) is 108 cm³/mol. The lowest BCUT2D eigenvalue weighted by molar-refractivity contribution is 0.102. The molecule has 0 saturated heterocycles. The van der Waals surface area contributed by atoms with Crippen LogP contribution < -0.4 is 14.8 Å². The number of fused-ring (bicyclic) bond motifs is 1. The zero-order valence-corrected chi connectivity index (χ0v) is 16.4. The van der Waals surface area contributed by atoms with Crippen LogP contribution in [0.3, 0.4) is 0 Å². The molecule has 0 bridgehead atoms. The van der Waals surface area contributed by atoms with Crippen molar-refractivity contribution < 1.29 is 18.7 Å². The molecular weight excluding hydrogens is 402 g/mol. The minimum Gasteiger partial charge on any atom is -0.497 e. The fourth-order valence-corrected chi connectivity index (χ4v) is 4.09. The van der Waals surface area contributed by atoms with Crippen molar-refractivity contribution in [2.45, 2.75) is 0 Å². The van der Waals surface area contributed by atoms with Crippen molar-refractivity contribution in [1.82, 2.24) is 10.2 Å². The first-order chi connectivity index (χ1) is 13.6. The minimum atomic E-state index is -0.418. The van der Waals surface area contributed by atoms with Crippen LogP contribution in [0.25, 0.3) is 21.5 Å². The summed E-state index contributed by atoms with van der Waals surface area (Å²) in [4.78, 5) is 13.0. The molecule has 1 amide bonds. The van der Waals surface area contributed by atoms with Gasteiger partial charge in [-0.25, -0.2) is 0 Å². The van der Waals surface area contributed by atoms with Gasteiger partial charge in [0.05, 0.1) is 24.8 Å². The summed E-state index contributed by atoms with van der Waals surface area (Å²) in [7, 11) is 3.09. The number of ether oxygens (including phenoxy) is 2. The largest absolute Gasteiger partial charge is 0.497 e. The zero-order chi connectivity index (χ0) is 19.7. The van der Waals surface area contributed by atoms with E-state index >= 15 is 0 Å². The van der Waals surface area contributed by atoms with E-state index in [9.17, 15) is 4.79 Å². The molecule has 28 heavy (non-hydrogen) atoms. The number of anilines is 1. The van der Waals surface area contributed by atoms with E-state index in [0.29, 0.717) is 27.0 Å². The number of carbonyl (C=O) groups is 1. The number of nitrogens with zero attached hydrogens (tertiary/aromatic N) is 2. The summed E-state index contributed by atoms with van der Waals surface area (Å²) in [5.41, 5.74) is 0.551. The summed E-state index contributed by atoms with van der Waals surface area (Å²) in [6, 6.07) is 12.7. The van der Waals surface area contributed by atoms with Crippen LogP contribution in [0, 0.1) is 0 Å². The summed E-state index contributed by atoms with van der Waals surface area (Å²) < 4.78 is 17.1. The summed E-state index contributed by atoms with van der Waals surface area (Å²) in [6.07, 6.45) is 0. The maximum absolute atomic E-state index is 12.6. The lowest BCUT2D eigenvalue weighted by Gasteiger charge is -2.07. The topological polar surface area (TPSA) is 86.5 Å². The van der Waals surface area contributed by atoms with Crippen molar-refractivity contribution in [2.75, 3.05) is 19.5 Å². The monoisotopic (exact) mass is 415 g/mol. The van der Waals surface area contributed by atoms with Crippen LogP contribution >= 0.6 is 22.9 Å². The van der Waals surface area contributed by atoms with Gasteiger partial charge in [-0.05, 0) is 24.3 Å². The van der Waals surface area contributed by atoms with E-state index in [1.54, 1.807) is 25.3 Å². The molecule has 0 fully saturated rings. The number of thiophene rings is 1. The smallest absolute Gasteiger partial charge is 0.322 e. The van der Waals surface area contributed by atoms with Crippen LogP contribution in [0.4, 0.5) is 6.01 Å². The van der Waals surface area contributed by atoms with Crippen LogP contribution in [0.1, 0.15) is 9.67 Å². The fourth-order valence-electron chi connectivity index (χ4n) is 2.68. The number of benzene rings is 2. The van der Waals surface area contributed by atoms with Gasteiger partial charge in [0, 0.05) is 10.1 Å². The Kier molecular flexibility index (Phi) is 4.89. The Balaban J connectivity index is 1.61. The van der Waals surface area contributed by atoms with Crippen LogP contribution in [0.2, 0.25) is 5.02 Å². The first-order valence-electron chi connectivity index (χ1n) is 8.15. The van der Waals surface area contributed by atoms with E-state index < -0.39 is 5.91 Å². The van der Waals surface area contributed by atoms with Gasteiger partial charge in [0.2, 0.25) is 0 Å². The number of carbonyl (C=O) groups excluding carboxylic acids is 1. The van der Waals surface area contributed by atoms with Crippen molar-refractivity contribution in [2.24, 2.45) is 0 Å². The number of aromatic nitrogens is 2. The van der Waals surface area contributed by atoms with Crippen LogP contribution in [-0.2, 0) is 0 Å². The number of amides is 1. The molecule has 0 spiro atoms. The van der Waals surface area contributed by atoms with Gasteiger partial charge >= 0.3 is 6.01 Å². The molecule has 4 aromatic rings. The van der Waals surface area contributed by atoms with Gasteiger partial charge in [-0.1, -0.05) is 34.9 Å². The number of hydrogen-bond donors (Lipinski definition) is 1. The molecule has 142 valence electrons. The highest BCUT2D eigenvalue weighted by Crippen LogP contribution is 2.36. The molecule has 2 heterocycles. The quantitative estimate of drug-likeness (QED) is 0.500. The minimum absolute atomic E-state index is 0.0432. The van der Waals surface area contributed by atoms with Crippen LogP contribution in [0.5, 0.6) is 11.5 Å². The SMILES string of the molecule is COc1ccc(OC)c(-c2nnc(NC(=O)c3sc4ccccc4c3Cl)o2)c1. The Morgan fingerprint density at radius 2 is 1.96 bits per heavy atom. The first kappa shape index (κ1) is 18.3. The third-order valence-electron chi connectivity index (χ3n) is 4.02. The van der Waals surface area contributed by atoms with Crippen molar-refractivity contribution in [1.29, 1.82) is 0 Å². The summed E-state index contributed by atoms with van der Waals surface area (Å²) in [5, 5.41) is 11.7. The van der Waals surface area contributed by atoms with Gasteiger partial charge < -0.3 is 13.9 Å². The predicted octanol–water partition coefficient (Wildman–Crippen LogP) is 4.87. The molecule has 0 aliphatic heterocycles. The van der Waals surface area contributed by atoms with Crippen LogP contribution in [-0.4, -0.2) is 30.3 Å². The highest BCUT2D eigenvalue weighted by molar-refractivity contribution is 7.21. The Bertz CT molecular complexity index is 1170. The van der Waals surface area contributed by atoms with E-state index in [4.69, 9.17) is 25.5 Å². The van der Waals surface area contributed by atoms with Crippen molar-refractivity contribution in [3.63, 3.8) is 0 Å². The third-order valence-corrected chi connectivity index (χ3v) is 5.70. The van der Waals surface area contributed by atoms with Gasteiger partial charge in [0.15, 0.2) is 0 Å². The summed E-state index contributed by atoms with van der Waals surface area (Å²) in [5.74, 6) is 0.916. The van der Waals surface area contributed by atoms with E-state index in [1.807, 2.05) is 24.3 Å². The Hall–Kier alpha value is -3.10. The third kappa shape index (κ3) is 3.28. The average molecular weight is 416 g/mol. The molecule has 9 heteroatoms. The second-order valence-corrected chi connectivity index (χ2v) is 7.10. The van der Waals surface area contributed by atoms with Crippen LogP contribution in [0.15, 0.2) is 46.9 Å². The van der Waals surface area contributed by atoms with E-state index in [2.05, 4.69) is 15.5 Å². The highest BCUT2D eigenvalue weighted by atomic mass is 35.5. The van der Waals surface area contributed by atoms with Gasteiger partial charge in [0.25, 0.3) is 11.8 Å². The van der Waals surface area contributed by atoms with E-state index in [1.165, 1.54) is 18.4 Å². The molecule has 0 aliphatic rings. The number of halogens is 1. The molecule has 1 N–H and O–H groups in total. The lowest BCUT2D eigenvalue weighted by Crippen LogP contribution is -2.10. The second-order valence-electron chi connectivity index (χ2n) is 5.67. The maximum Gasteiger partial charge on any atom is 0.322 e. The number of nitrogens with one attached hydrogen (secondary N) is 1. The summed E-state index contributed by atoms with van der Waals surface area (Å²) >= 11 is 7.64. The van der Waals surface area contributed by atoms with Gasteiger partial charge in [-0.15, -0.1) is 16.4 Å². The molecule has 0 unspecified atom stereocenters. The van der Waals surface area contributed by atoms with Gasteiger partial charge in [-0.3, -0.25) is 10.1 Å². The number of rotatable bonds is 5. The molecule has 0 aliphatic carbocycles. The highest BCUT2D eigenvalue weighted by Gasteiger charge is 2.20. The average Bonchev–Trinajstić information content (AvgIpc) is 3.32. The normalized spacial score (nSPS) is 10.8. The van der Waals surface area contributed by atoms with Gasteiger partial charge in [-0.2, -0.15) is 0 Å². The van der Waals surface area contributed by atoms with E-state index in [0.717, 1.165) is 10.1 Å². The molecule has 2 aromatic heterocycles. The fraction of sp³-hybridized carbons (Fsp3) is 0.105. The Labute approximate surface area is 168 Å². The van der Waals surface area contributed by atoms with Crippen molar-refractivity contribution in [3.05, 3.63) is 52.4 Å². The maximum atomic E-state index is 12.6. The zero-order valence-electron chi connectivity index (χ0n) is 14.9. The second kappa shape index (κ2) is 7.49. The Morgan fingerprint density at radius 3 is 2.71 bits per heavy atom. The van der Waals surface area contributed by atoms with Gasteiger partial charge in [0.1, 0.15) is 16.4 Å². The first-order valence-corrected chi connectivity index (χ1v) is 9.34. The molecule has 4 rings (SSSR count). The number of methoxy groups -OCH3 is 2. The van der Waals surface area contributed by atoms with Crippen molar-refractivity contribution >= 4 is 44.9 Å². The molecule has 0 radical (unpaired) electrons. The molecule has 2 aromatic carbocycles. The standard InChI is InChI=1S/C19H14ClN3O4S/c1-25-10-7-8-13(26-2)12(9-10)18-22-23-19(27-18)21-17(24)16-15(20)11-5-3-4-6-14(11)28-16/h3-9H,1-2H3,(H,21,23,24).